The minimum atomic E-state index is -1.37. The van der Waals surface area contributed by atoms with E-state index >= 15 is 0 Å². The van der Waals surface area contributed by atoms with Crippen molar-refractivity contribution in [2.24, 2.45) is 57.3 Å². The number of likely N-dealkylation sites (tertiary alicyclic amines) is 1. The number of hydrogen-bond acceptors (Lipinski definition) is 15. The molecule has 0 aromatic carbocycles. The van der Waals surface area contributed by atoms with Gasteiger partial charge in [0.05, 0.1) is 30.7 Å². The Morgan fingerprint density at radius 1 is 0.806 bits per heavy atom. The van der Waals surface area contributed by atoms with Gasteiger partial charge in [-0.2, -0.15) is 12.6 Å². The fourth-order valence-corrected chi connectivity index (χ4v) is 7.25. The summed E-state index contributed by atoms with van der Waals surface area (Å²) in [5, 5.41) is 43.2. The van der Waals surface area contributed by atoms with Crippen molar-refractivity contribution in [2.45, 2.75) is 154 Å². The molecule has 0 bridgehead atoms. The first-order valence-electron chi connectivity index (χ1n) is 22.7. The number of Topliss-reactive ketones (excluding diaryl/α,β-unsaturated/α-hetero) is 2. The van der Waals surface area contributed by atoms with Crippen LogP contribution in [0.2, 0.25) is 0 Å². The molecule has 0 unspecified atom stereocenters. The number of aliphatic hydroxyl groups is 1. The van der Waals surface area contributed by atoms with Crippen LogP contribution in [0.4, 0.5) is 0 Å². The largest absolute Gasteiger partial charge is 0.480 e. The number of nitrogens with two attached hydrogens (primary N) is 5. The Morgan fingerprint density at radius 3 is 1.94 bits per heavy atom. The number of nitrogens with zero attached hydrogens (tertiary/aromatic N) is 2. The molecule has 1 fully saturated rings. The van der Waals surface area contributed by atoms with Crippen molar-refractivity contribution >= 4 is 77.3 Å². The molecule has 1 saturated heterocycles. The Balaban J connectivity index is 0.00000140. The zero-order valence-electron chi connectivity index (χ0n) is 39.5. The number of ketones is 2. The normalized spacial score (nSPS) is 16.9. The molecule has 0 aromatic rings. The number of carbonyl (C=O) groups excluding carboxylic acids is 7. The molecular weight excluding hydrogens is 895 g/mol. The fourth-order valence-electron chi connectivity index (χ4n) is 6.95. The molecule has 0 saturated carbocycles. The molecule has 0 radical (unpaired) electrons. The maximum absolute atomic E-state index is 13.4. The van der Waals surface area contributed by atoms with E-state index in [1.807, 2.05) is 13.8 Å². The molecule has 23 nitrogen and oxygen atoms in total. The number of amides is 5. The molecular formula is C43H77N11O12S. The van der Waals surface area contributed by atoms with Gasteiger partial charge in [0.15, 0.2) is 17.5 Å². The Hall–Kier alpha value is -5.20. The fraction of sp³-hybridized carbons (Fsp3) is 0.744. The summed E-state index contributed by atoms with van der Waals surface area (Å²) in [6.07, 6.45) is 3.43. The lowest BCUT2D eigenvalue weighted by Gasteiger charge is -2.31. The van der Waals surface area contributed by atoms with E-state index in [1.165, 1.54) is 4.90 Å². The van der Waals surface area contributed by atoms with E-state index in [1.54, 1.807) is 20.8 Å². The summed E-state index contributed by atoms with van der Waals surface area (Å²) < 4.78 is 0. The minimum Gasteiger partial charge on any atom is -0.480 e. The summed E-state index contributed by atoms with van der Waals surface area (Å²) in [6.45, 7) is 8.99. The second kappa shape index (κ2) is 32.5. The van der Waals surface area contributed by atoms with E-state index in [4.69, 9.17) is 39.2 Å². The minimum absolute atomic E-state index is 0.0114. The van der Waals surface area contributed by atoms with Gasteiger partial charge in [-0.05, 0) is 70.1 Å². The van der Waals surface area contributed by atoms with E-state index in [9.17, 15) is 53.4 Å². The Kier molecular flexibility index (Phi) is 30.0. The van der Waals surface area contributed by atoms with Crippen molar-refractivity contribution in [1.29, 1.82) is 5.41 Å². The molecule has 0 aliphatic carbocycles. The molecule has 9 atom stereocenters. The number of aliphatic imine (C=N–C) groups is 1. The highest BCUT2D eigenvalue weighted by Crippen LogP contribution is 2.23. The van der Waals surface area contributed by atoms with Gasteiger partial charge in [-0.15, -0.1) is 0 Å². The first-order chi connectivity index (χ1) is 31.3. The lowest BCUT2D eigenvalue weighted by molar-refractivity contribution is -0.150. The third kappa shape index (κ3) is 23.9. The highest BCUT2D eigenvalue weighted by molar-refractivity contribution is 7.80. The van der Waals surface area contributed by atoms with Crippen LogP contribution in [0.3, 0.4) is 0 Å². The number of thiol groups is 1. The summed E-state index contributed by atoms with van der Waals surface area (Å²) in [4.78, 5) is 116. The number of guanidine groups is 1. The topological polar surface area (TPSA) is 420 Å². The van der Waals surface area contributed by atoms with Crippen molar-refractivity contribution in [3.05, 3.63) is 0 Å². The van der Waals surface area contributed by atoms with Gasteiger partial charge in [-0.1, -0.05) is 40.5 Å². The summed E-state index contributed by atoms with van der Waals surface area (Å²) in [6, 6.07) is -5.94. The highest BCUT2D eigenvalue weighted by Gasteiger charge is 2.40. The van der Waals surface area contributed by atoms with Crippen LogP contribution in [0.25, 0.3) is 0 Å². The van der Waals surface area contributed by atoms with Crippen LogP contribution in [-0.2, 0) is 43.2 Å². The number of aliphatic hydroxyl groups excluding tert-OH is 1. The molecule has 1 rings (SSSR count). The number of carboxylic acids is 2. The van der Waals surface area contributed by atoms with E-state index in [0.717, 1.165) is 0 Å². The number of carbonyl (C=O) groups is 9. The van der Waals surface area contributed by atoms with Gasteiger partial charge in [-0.25, -0.2) is 9.59 Å². The number of primary amides is 1. The lowest BCUT2D eigenvalue weighted by atomic mass is 9.86. The smallest absolute Gasteiger partial charge is 0.326 e. The van der Waals surface area contributed by atoms with Crippen LogP contribution in [0.5, 0.6) is 0 Å². The van der Waals surface area contributed by atoms with Gasteiger partial charge in [-0.3, -0.25) is 38.6 Å². The third-order valence-electron chi connectivity index (χ3n) is 11.4. The average molecular weight is 972 g/mol. The first kappa shape index (κ1) is 61.8. The number of nitrogens with one attached hydrogen (secondary N) is 4. The second-order valence-electron chi connectivity index (χ2n) is 17.3. The van der Waals surface area contributed by atoms with Crippen LogP contribution in [-0.4, -0.2) is 147 Å². The average Bonchev–Trinajstić information content (AvgIpc) is 3.77. The summed E-state index contributed by atoms with van der Waals surface area (Å²) in [7, 11) is 0. The number of aliphatic carboxylic acids is 2. The van der Waals surface area contributed by atoms with E-state index in [-0.39, 0.29) is 61.6 Å². The number of unbranched alkanes of at least 4 members (excludes halogenated alkanes) is 1. The quantitative estimate of drug-likeness (QED) is 0.0165. The number of carboxylic acid groups (broad SMARTS) is 2. The van der Waals surface area contributed by atoms with Crippen molar-refractivity contribution in [3.8, 4) is 0 Å². The second-order valence-corrected chi connectivity index (χ2v) is 17.7. The first-order valence-corrected chi connectivity index (χ1v) is 23.3. The Bertz CT molecular complexity index is 1710. The monoisotopic (exact) mass is 972 g/mol. The Morgan fingerprint density at radius 2 is 1.43 bits per heavy atom. The predicted molar refractivity (Wildman–Crippen MR) is 253 cm³/mol. The van der Waals surface area contributed by atoms with Gasteiger partial charge in [0.25, 0.3) is 0 Å². The molecule has 1 aliphatic rings. The van der Waals surface area contributed by atoms with E-state index in [0.29, 0.717) is 70.2 Å². The van der Waals surface area contributed by atoms with Crippen LogP contribution in [0.15, 0.2) is 4.99 Å². The molecule has 0 spiro atoms. The maximum atomic E-state index is 13.4. The van der Waals surface area contributed by atoms with E-state index < -0.39 is 102 Å². The Labute approximate surface area is 398 Å². The van der Waals surface area contributed by atoms with Gasteiger partial charge in [0.2, 0.25) is 29.5 Å². The molecule has 382 valence electrons. The summed E-state index contributed by atoms with van der Waals surface area (Å²) in [5.41, 5.74) is 27.5. The molecule has 67 heavy (non-hydrogen) atoms. The molecule has 5 amide bonds. The van der Waals surface area contributed by atoms with Gasteiger partial charge < -0.3 is 70.2 Å². The van der Waals surface area contributed by atoms with Crippen molar-refractivity contribution < 1.29 is 58.5 Å². The van der Waals surface area contributed by atoms with Gasteiger partial charge >= 0.3 is 11.9 Å². The summed E-state index contributed by atoms with van der Waals surface area (Å²) in [5.74, 6) is -8.51. The van der Waals surface area contributed by atoms with Crippen LogP contribution in [0.1, 0.15) is 118 Å². The molecule has 1 heterocycles. The zero-order chi connectivity index (χ0) is 51.6. The van der Waals surface area contributed by atoms with Crippen LogP contribution >= 0.6 is 12.6 Å². The lowest BCUT2D eigenvalue weighted by Crippen LogP contribution is -2.56. The number of hydrogen-bond donors (Lipinski definition) is 13. The van der Waals surface area contributed by atoms with Gasteiger partial charge in [0, 0.05) is 49.7 Å². The standard InChI is InChI=1S/C26H45N5O8S.C17H32N6O4/c1-14(2)17(25(37)31-20(26(38)39)8-9-23(29)35)11-22(34)19(7-5-4-6-15(3)27)30-24(36)16(13-40)10-21(33)18(28)12-32;1-3-10(2)13(15(25)23-9-5-7-12(23)16(26)27)22-14(24)11(18)6-4-8-21-17(19)20/h14,16-20,27,32,40H,4-13,28H2,1-3H3,(H2,29,35)(H,30,36)(H,31,37)(H,38,39);10-13H,3-9,18H2,1-2H3,(H,22,24)(H,26,27)(H4,19,20,21)/t16-,17-,18-,19-,20-;10-,11+,12+,13+/m01/s1. The predicted octanol–water partition coefficient (Wildman–Crippen LogP) is -1.06. The zero-order valence-corrected chi connectivity index (χ0v) is 40.4. The molecule has 17 N–H and O–H groups in total. The maximum Gasteiger partial charge on any atom is 0.326 e. The number of rotatable bonds is 32. The molecule has 1 aliphatic heterocycles. The van der Waals surface area contributed by atoms with E-state index in [2.05, 4.69) is 33.6 Å². The van der Waals surface area contributed by atoms with Crippen molar-refractivity contribution in [2.75, 3.05) is 25.4 Å². The molecule has 24 heteroatoms. The van der Waals surface area contributed by atoms with Crippen LogP contribution < -0.4 is 44.6 Å². The van der Waals surface area contributed by atoms with Crippen molar-refractivity contribution in [3.63, 3.8) is 0 Å². The van der Waals surface area contributed by atoms with Crippen molar-refractivity contribution in [1.82, 2.24) is 20.9 Å². The molecule has 0 aromatic heterocycles. The SMILES string of the molecule is CC(=N)CCCC[C@H](NC(=O)[C@H](CS)CC(=O)[C@@H](N)CO)C(=O)C[C@H](C(=O)N[C@@H](CCC(N)=O)C(=O)O)C(C)C.CC[C@@H](C)[C@H](NC(=O)[C@@H](N)CCCN=C(N)N)C(=O)N1CCC[C@H]1C(=O)O. The third-order valence-corrected chi connectivity index (χ3v) is 11.8. The highest BCUT2D eigenvalue weighted by atomic mass is 32.1. The van der Waals surface area contributed by atoms with Gasteiger partial charge in [0.1, 0.15) is 18.1 Å². The summed E-state index contributed by atoms with van der Waals surface area (Å²) >= 11 is 4.14. The van der Waals surface area contributed by atoms with Crippen LogP contribution in [0, 0.1) is 29.1 Å².